The molecule has 17 heavy (non-hydrogen) atoms. The summed E-state index contributed by atoms with van der Waals surface area (Å²) in [4.78, 5) is 14.8. The van der Waals surface area contributed by atoms with E-state index in [0.717, 1.165) is 0 Å². The van der Waals surface area contributed by atoms with Gasteiger partial charge < -0.3 is 15.6 Å². The number of hydrogen-bond donors (Lipinski definition) is 2. The van der Waals surface area contributed by atoms with Crippen molar-refractivity contribution >= 4 is 5.91 Å². The van der Waals surface area contributed by atoms with Gasteiger partial charge >= 0.3 is 0 Å². The maximum absolute atomic E-state index is 10.9. The van der Waals surface area contributed by atoms with Crippen LogP contribution in [-0.4, -0.2) is 16.0 Å². The minimum Gasteiger partial charge on any atom is -0.508 e. The zero-order chi connectivity index (χ0) is 12.3. The molecule has 0 bridgehead atoms. The largest absolute Gasteiger partial charge is 0.508 e. The van der Waals surface area contributed by atoms with Crippen LogP contribution in [0.5, 0.6) is 17.4 Å². The molecule has 2 rings (SSSR count). The predicted octanol–water partition coefficient (Wildman–Crippen LogP) is 1.68. The van der Waals surface area contributed by atoms with Gasteiger partial charge in [-0.3, -0.25) is 4.79 Å². The molecule has 0 aliphatic heterocycles. The van der Waals surface area contributed by atoms with Crippen molar-refractivity contribution in [1.82, 2.24) is 4.98 Å². The maximum atomic E-state index is 10.9. The second-order valence-corrected chi connectivity index (χ2v) is 3.32. The van der Waals surface area contributed by atoms with E-state index in [9.17, 15) is 9.90 Å². The molecular formula is C12H10N2O3. The Morgan fingerprint density at radius 1 is 1.24 bits per heavy atom. The van der Waals surface area contributed by atoms with Crippen molar-refractivity contribution < 1.29 is 14.6 Å². The van der Waals surface area contributed by atoms with Crippen LogP contribution < -0.4 is 10.5 Å². The van der Waals surface area contributed by atoms with E-state index in [2.05, 4.69) is 4.98 Å². The summed E-state index contributed by atoms with van der Waals surface area (Å²) in [7, 11) is 0. The zero-order valence-corrected chi connectivity index (χ0v) is 8.83. The van der Waals surface area contributed by atoms with Crippen molar-refractivity contribution in [2.45, 2.75) is 0 Å². The minimum atomic E-state index is -0.619. The topological polar surface area (TPSA) is 85.4 Å². The SMILES string of the molecule is NC(=O)c1cccc(Oc2cccc(O)c2)n1. The number of amides is 1. The molecule has 5 heteroatoms. The number of rotatable bonds is 3. The smallest absolute Gasteiger partial charge is 0.267 e. The van der Waals surface area contributed by atoms with Gasteiger partial charge in [0.25, 0.3) is 5.91 Å². The van der Waals surface area contributed by atoms with Crippen LogP contribution in [0.25, 0.3) is 0 Å². The molecule has 5 nitrogen and oxygen atoms in total. The lowest BCUT2D eigenvalue weighted by molar-refractivity contribution is 0.0995. The summed E-state index contributed by atoms with van der Waals surface area (Å²) < 4.78 is 5.37. The number of nitrogens with two attached hydrogens (primary N) is 1. The van der Waals surface area contributed by atoms with E-state index in [-0.39, 0.29) is 17.3 Å². The summed E-state index contributed by atoms with van der Waals surface area (Å²) in [5.41, 5.74) is 5.23. The molecule has 0 spiro atoms. The third-order valence-corrected chi connectivity index (χ3v) is 2.02. The number of hydrogen-bond acceptors (Lipinski definition) is 4. The van der Waals surface area contributed by atoms with Gasteiger partial charge in [-0.25, -0.2) is 4.98 Å². The molecule has 0 saturated heterocycles. The van der Waals surface area contributed by atoms with Gasteiger partial charge in [-0.2, -0.15) is 0 Å². The molecule has 0 aliphatic rings. The second kappa shape index (κ2) is 4.52. The number of carbonyl (C=O) groups is 1. The van der Waals surface area contributed by atoms with Gasteiger partial charge in [0.15, 0.2) is 0 Å². The summed E-state index contributed by atoms with van der Waals surface area (Å²) in [6.07, 6.45) is 0. The number of nitrogens with zero attached hydrogens (tertiary/aromatic N) is 1. The highest BCUT2D eigenvalue weighted by Gasteiger charge is 2.04. The van der Waals surface area contributed by atoms with Gasteiger partial charge in [-0.1, -0.05) is 12.1 Å². The molecule has 0 unspecified atom stereocenters. The van der Waals surface area contributed by atoms with Crippen molar-refractivity contribution in [3.05, 3.63) is 48.2 Å². The van der Waals surface area contributed by atoms with Gasteiger partial charge in [0.2, 0.25) is 5.88 Å². The molecule has 1 amide bonds. The molecule has 0 aliphatic carbocycles. The summed E-state index contributed by atoms with van der Waals surface area (Å²) in [5, 5.41) is 9.26. The van der Waals surface area contributed by atoms with Crippen molar-refractivity contribution in [2.75, 3.05) is 0 Å². The molecule has 0 fully saturated rings. The van der Waals surface area contributed by atoms with Crippen molar-refractivity contribution in [1.29, 1.82) is 0 Å². The number of primary amides is 1. The van der Waals surface area contributed by atoms with E-state index in [1.54, 1.807) is 24.3 Å². The normalized spacial score (nSPS) is 9.88. The molecule has 0 radical (unpaired) electrons. The van der Waals surface area contributed by atoms with Crippen LogP contribution in [0.4, 0.5) is 0 Å². The monoisotopic (exact) mass is 230 g/mol. The van der Waals surface area contributed by atoms with Gasteiger partial charge in [0.1, 0.15) is 17.2 Å². The fourth-order valence-electron chi connectivity index (χ4n) is 1.28. The molecular weight excluding hydrogens is 220 g/mol. The highest BCUT2D eigenvalue weighted by Crippen LogP contribution is 2.23. The lowest BCUT2D eigenvalue weighted by Gasteiger charge is -2.05. The average molecular weight is 230 g/mol. The van der Waals surface area contributed by atoms with E-state index in [1.165, 1.54) is 18.2 Å². The number of pyridine rings is 1. The molecule has 0 saturated carbocycles. The van der Waals surface area contributed by atoms with Gasteiger partial charge in [0.05, 0.1) is 0 Å². The molecule has 1 aromatic heterocycles. The summed E-state index contributed by atoms with van der Waals surface area (Å²) in [5.74, 6) is 0.144. The van der Waals surface area contributed by atoms with Crippen LogP contribution in [0.3, 0.4) is 0 Å². The predicted molar refractivity (Wildman–Crippen MR) is 60.9 cm³/mol. The van der Waals surface area contributed by atoms with Crippen molar-refractivity contribution in [2.24, 2.45) is 5.73 Å². The first-order chi connectivity index (χ1) is 8.15. The number of phenolic OH excluding ortho intramolecular Hbond substituents is 1. The standard InChI is InChI=1S/C12H10N2O3/c13-12(16)10-5-2-6-11(14-10)17-9-4-1-3-8(15)7-9/h1-7,15H,(H2,13,16). The zero-order valence-electron chi connectivity index (χ0n) is 8.83. The summed E-state index contributed by atoms with van der Waals surface area (Å²) in [6.45, 7) is 0. The third-order valence-electron chi connectivity index (χ3n) is 2.02. The Labute approximate surface area is 97.5 Å². The third kappa shape index (κ3) is 2.72. The Hall–Kier alpha value is -2.56. The van der Waals surface area contributed by atoms with Crippen LogP contribution in [0.2, 0.25) is 0 Å². The average Bonchev–Trinajstić information content (AvgIpc) is 2.29. The quantitative estimate of drug-likeness (QED) is 0.839. The number of aromatic nitrogens is 1. The number of benzene rings is 1. The van der Waals surface area contributed by atoms with Crippen LogP contribution in [0, 0.1) is 0 Å². The van der Waals surface area contributed by atoms with E-state index in [0.29, 0.717) is 5.75 Å². The van der Waals surface area contributed by atoms with Gasteiger partial charge in [-0.15, -0.1) is 0 Å². The van der Waals surface area contributed by atoms with Gasteiger partial charge in [-0.05, 0) is 18.2 Å². The molecule has 2 aromatic rings. The molecule has 1 heterocycles. The summed E-state index contributed by atoms with van der Waals surface area (Å²) >= 11 is 0. The second-order valence-electron chi connectivity index (χ2n) is 3.32. The van der Waals surface area contributed by atoms with Crippen LogP contribution >= 0.6 is 0 Å². The minimum absolute atomic E-state index is 0.0913. The highest BCUT2D eigenvalue weighted by atomic mass is 16.5. The summed E-state index contributed by atoms with van der Waals surface area (Å²) in [6, 6.07) is 11.0. The molecule has 86 valence electrons. The number of aromatic hydroxyl groups is 1. The number of ether oxygens (including phenoxy) is 1. The van der Waals surface area contributed by atoms with Crippen molar-refractivity contribution in [3.8, 4) is 17.4 Å². The van der Waals surface area contributed by atoms with Crippen LogP contribution in [0.15, 0.2) is 42.5 Å². The molecule has 3 N–H and O–H groups in total. The Morgan fingerprint density at radius 2 is 2.00 bits per heavy atom. The lowest BCUT2D eigenvalue weighted by atomic mass is 10.3. The molecule has 1 aromatic carbocycles. The lowest BCUT2D eigenvalue weighted by Crippen LogP contribution is -2.12. The Kier molecular flexibility index (Phi) is 2.91. The van der Waals surface area contributed by atoms with Crippen LogP contribution in [-0.2, 0) is 0 Å². The van der Waals surface area contributed by atoms with Gasteiger partial charge in [0, 0.05) is 12.1 Å². The Bertz CT molecular complexity index is 555. The Balaban J connectivity index is 2.24. The highest BCUT2D eigenvalue weighted by molar-refractivity contribution is 5.90. The van der Waals surface area contributed by atoms with E-state index in [1.807, 2.05) is 0 Å². The fraction of sp³-hybridized carbons (Fsp3) is 0. The fourth-order valence-corrected chi connectivity index (χ4v) is 1.28. The number of phenols is 1. The first-order valence-corrected chi connectivity index (χ1v) is 4.89. The molecule has 0 atom stereocenters. The van der Waals surface area contributed by atoms with E-state index in [4.69, 9.17) is 10.5 Å². The Morgan fingerprint density at radius 3 is 2.71 bits per heavy atom. The first-order valence-electron chi connectivity index (χ1n) is 4.89. The number of carbonyl (C=O) groups excluding carboxylic acids is 1. The first kappa shape index (κ1) is 10.9. The van der Waals surface area contributed by atoms with Crippen molar-refractivity contribution in [3.63, 3.8) is 0 Å². The van der Waals surface area contributed by atoms with E-state index >= 15 is 0 Å². The van der Waals surface area contributed by atoms with E-state index < -0.39 is 5.91 Å². The van der Waals surface area contributed by atoms with Crippen LogP contribution in [0.1, 0.15) is 10.5 Å². The maximum Gasteiger partial charge on any atom is 0.267 e.